The van der Waals surface area contributed by atoms with Gasteiger partial charge in [-0.3, -0.25) is 9.59 Å². The second-order valence-electron chi connectivity index (χ2n) is 7.84. The minimum Gasteiger partial charge on any atom is -0.493 e. The van der Waals surface area contributed by atoms with Crippen LogP contribution in [0.3, 0.4) is 0 Å². The van der Waals surface area contributed by atoms with Crippen molar-refractivity contribution in [2.24, 2.45) is 0 Å². The van der Waals surface area contributed by atoms with Crippen LogP contribution in [0.25, 0.3) is 0 Å². The summed E-state index contributed by atoms with van der Waals surface area (Å²) in [6.45, 7) is 0.530. The lowest BCUT2D eigenvalue weighted by molar-refractivity contribution is 0.0991. The first-order valence-electron chi connectivity index (χ1n) is 11.1. The third-order valence-electron chi connectivity index (χ3n) is 5.44. The topological polar surface area (TPSA) is 58.6 Å². The Bertz CT molecular complexity index is 1240. The van der Waals surface area contributed by atoms with Crippen molar-refractivity contribution < 1.29 is 14.3 Å². The molecule has 0 aliphatic rings. The summed E-state index contributed by atoms with van der Waals surface area (Å²) >= 11 is 0. The SMILES string of the molecule is CN(C(=O)c1ccc(NC(=O)c2cccc(OCCc3ccccc3)c2)cc1)c1ccccc1. The molecule has 0 atom stereocenters. The van der Waals surface area contributed by atoms with Crippen molar-refractivity contribution >= 4 is 23.2 Å². The summed E-state index contributed by atoms with van der Waals surface area (Å²) in [5.74, 6) is 0.284. The number of hydrogen-bond acceptors (Lipinski definition) is 3. The summed E-state index contributed by atoms with van der Waals surface area (Å²) in [7, 11) is 1.74. The van der Waals surface area contributed by atoms with E-state index in [9.17, 15) is 9.59 Å². The lowest BCUT2D eigenvalue weighted by Gasteiger charge is -2.17. The van der Waals surface area contributed by atoms with Gasteiger partial charge in [0.2, 0.25) is 0 Å². The molecule has 1 N–H and O–H groups in total. The maximum absolute atomic E-state index is 12.7. The molecule has 0 heterocycles. The van der Waals surface area contributed by atoms with Crippen LogP contribution >= 0.6 is 0 Å². The Kier molecular flexibility index (Phi) is 7.35. The third-order valence-corrected chi connectivity index (χ3v) is 5.44. The Balaban J connectivity index is 1.34. The summed E-state index contributed by atoms with van der Waals surface area (Å²) in [6, 6.07) is 33.5. The van der Waals surface area contributed by atoms with E-state index < -0.39 is 0 Å². The van der Waals surface area contributed by atoms with Gasteiger partial charge in [0.15, 0.2) is 0 Å². The first-order chi connectivity index (χ1) is 16.6. The largest absolute Gasteiger partial charge is 0.493 e. The maximum atomic E-state index is 12.7. The van der Waals surface area contributed by atoms with E-state index in [1.165, 1.54) is 5.56 Å². The molecule has 0 spiro atoms. The van der Waals surface area contributed by atoms with Gasteiger partial charge in [-0.05, 0) is 60.2 Å². The average molecular weight is 451 g/mol. The predicted octanol–water partition coefficient (Wildman–Crippen LogP) is 5.84. The van der Waals surface area contributed by atoms with E-state index in [0.29, 0.717) is 29.2 Å². The number of benzene rings is 4. The van der Waals surface area contributed by atoms with Gasteiger partial charge < -0.3 is 15.0 Å². The zero-order valence-electron chi connectivity index (χ0n) is 19.0. The van der Waals surface area contributed by atoms with E-state index >= 15 is 0 Å². The fraction of sp³-hybridized carbons (Fsp3) is 0.103. The molecule has 0 aromatic heterocycles. The molecular formula is C29H26N2O3. The predicted molar refractivity (Wildman–Crippen MR) is 136 cm³/mol. The molecule has 5 nitrogen and oxygen atoms in total. The lowest BCUT2D eigenvalue weighted by atomic mass is 10.1. The Morgan fingerprint density at radius 1 is 0.765 bits per heavy atom. The number of ether oxygens (including phenoxy) is 1. The molecule has 4 rings (SSSR count). The van der Waals surface area contributed by atoms with Gasteiger partial charge in [-0.25, -0.2) is 0 Å². The van der Waals surface area contributed by atoms with Crippen LogP contribution < -0.4 is 15.0 Å². The van der Waals surface area contributed by atoms with Crippen LogP contribution in [0, 0.1) is 0 Å². The highest BCUT2D eigenvalue weighted by Crippen LogP contribution is 2.19. The zero-order valence-corrected chi connectivity index (χ0v) is 19.0. The molecule has 34 heavy (non-hydrogen) atoms. The van der Waals surface area contributed by atoms with Crippen molar-refractivity contribution in [2.45, 2.75) is 6.42 Å². The van der Waals surface area contributed by atoms with Crippen LogP contribution in [-0.2, 0) is 6.42 Å². The monoisotopic (exact) mass is 450 g/mol. The quantitative estimate of drug-likeness (QED) is 0.367. The molecular weight excluding hydrogens is 424 g/mol. The second-order valence-corrected chi connectivity index (χ2v) is 7.84. The van der Waals surface area contributed by atoms with Gasteiger partial charge in [0, 0.05) is 36.0 Å². The molecule has 0 aliphatic heterocycles. The van der Waals surface area contributed by atoms with Crippen LogP contribution in [0.15, 0.2) is 109 Å². The van der Waals surface area contributed by atoms with Crippen molar-refractivity contribution in [2.75, 3.05) is 23.9 Å². The Labute approximate surface area is 199 Å². The standard InChI is InChI=1S/C29H26N2O3/c1-31(26-12-6-3-7-13-26)29(33)23-15-17-25(18-16-23)30-28(32)24-11-8-14-27(21-24)34-20-19-22-9-4-2-5-10-22/h2-18,21H,19-20H2,1H3,(H,30,32). The van der Waals surface area contributed by atoms with E-state index in [1.807, 2.05) is 54.6 Å². The van der Waals surface area contributed by atoms with E-state index in [0.717, 1.165) is 12.1 Å². The molecule has 0 aliphatic carbocycles. The summed E-state index contributed by atoms with van der Waals surface area (Å²) < 4.78 is 5.83. The molecule has 0 saturated heterocycles. The first kappa shape index (κ1) is 22.8. The lowest BCUT2D eigenvalue weighted by Crippen LogP contribution is -2.26. The highest BCUT2D eigenvalue weighted by atomic mass is 16.5. The summed E-state index contributed by atoms with van der Waals surface area (Å²) in [5.41, 5.74) is 3.67. The van der Waals surface area contributed by atoms with Crippen molar-refractivity contribution in [3.05, 3.63) is 126 Å². The van der Waals surface area contributed by atoms with Gasteiger partial charge in [-0.2, -0.15) is 0 Å². The molecule has 0 bridgehead atoms. The number of rotatable bonds is 8. The fourth-order valence-corrected chi connectivity index (χ4v) is 3.52. The molecule has 0 radical (unpaired) electrons. The normalized spacial score (nSPS) is 10.4. The first-order valence-corrected chi connectivity index (χ1v) is 11.1. The number of carbonyl (C=O) groups excluding carboxylic acids is 2. The van der Waals surface area contributed by atoms with Gasteiger partial charge in [0.05, 0.1) is 6.61 Å². The number of para-hydroxylation sites is 1. The molecule has 0 saturated carbocycles. The van der Waals surface area contributed by atoms with E-state index in [2.05, 4.69) is 17.4 Å². The van der Waals surface area contributed by atoms with E-state index in [-0.39, 0.29) is 11.8 Å². The Morgan fingerprint density at radius 3 is 2.15 bits per heavy atom. The number of nitrogens with zero attached hydrogens (tertiary/aromatic N) is 1. The van der Waals surface area contributed by atoms with Crippen LogP contribution in [0.5, 0.6) is 5.75 Å². The minimum absolute atomic E-state index is 0.121. The minimum atomic E-state index is -0.242. The molecule has 4 aromatic carbocycles. The van der Waals surface area contributed by atoms with Crippen LogP contribution in [0.1, 0.15) is 26.3 Å². The van der Waals surface area contributed by atoms with E-state index in [4.69, 9.17) is 4.74 Å². The molecule has 170 valence electrons. The summed E-state index contributed by atoms with van der Waals surface area (Å²) in [5, 5.41) is 2.88. The number of hydrogen-bond donors (Lipinski definition) is 1. The molecule has 4 aromatic rings. The number of carbonyl (C=O) groups is 2. The van der Waals surface area contributed by atoms with Crippen molar-refractivity contribution in [3.8, 4) is 5.75 Å². The van der Waals surface area contributed by atoms with Crippen molar-refractivity contribution in [1.82, 2.24) is 0 Å². The number of nitrogens with one attached hydrogen (secondary N) is 1. The van der Waals surface area contributed by atoms with Gasteiger partial charge in [0.25, 0.3) is 11.8 Å². The third kappa shape index (κ3) is 5.90. The summed E-state index contributed by atoms with van der Waals surface area (Å²) in [6.07, 6.45) is 0.793. The highest BCUT2D eigenvalue weighted by molar-refractivity contribution is 6.07. The van der Waals surface area contributed by atoms with Crippen LogP contribution in [0.2, 0.25) is 0 Å². The van der Waals surface area contributed by atoms with E-state index in [1.54, 1.807) is 54.4 Å². The zero-order chi connectivity index (χ0) is 23.8. The number of anilines is 2. The van der Waals surface area contributed by atoms with Gasteiger partial charge in [0.1, 0.15) is 5.75 Å². The van der Waals surface area contributed by atoms with Gasteiger partial charge in [-0.1, -0.05) is 54.6 Å². The smallest absolute Gasteiger partial charge is 0.258 e. The van der Waals surface area contributed by atoms with Crippen molar-refractivity contribution in [3.63, 3.8) is 0 Å². The Morgan fingerprint density at radius 2 is 1.44 bits per heavy atom. The van der Waals surface area contributed by atoms with Crippen LogP contribution in [-0.4, -0.2) is 25.5 Å². The average Bonchev–Trinajstić information content (AvgIpc) is 2.89. The van der Waals surface area contributed by atoms with Crippen LogP contribution in [0.4, 0.5) is 11.4 Å². The molecule has 0 fully saturated rings. The summed E-state index contributed by atoms with van der Waals surface area (Å²) in [4.78, 5) is 27.1. The van der Waals surface area contributed by atoms with Crippen molar-refractivity contribution in [1.29, 1.82) is 0 Å². The molecule has 2 amide bonds. The number of amides is 2. The fourth-order valence-electron chi connectivity index (χ4n) is 3.52. The Hall–Kier alpha value is -4.38. The maximum Gasteiger partial charge on any atom is 0.258 e. The second kappa shape index (κ2) is 11.0. The highest BCUT2D eigenvalue weighted by Gasteiger charge is 2.14. The molecule has 0 unspecified atom stereocenters. The molecule has 5 heteroatoms. The van der Waals surface area contributed by atoms with Gasteiger partial charge in [-0.15, -0.1) is 0 Å². The van der Waals surface area contributed by atoms with Gasteiger partial charge >= 0.3 is 0 Å².